The molecule has 0 atom stereocenters. The summed E-state index contributed by atoms with van der Waals surface area (Å²) in [5.41, 5.74) is 6.69. The summed E-state index contributed by atoms with van der Waals surface area (Å²) < 4.78 is 26.7. The molecule has 0 saturated carbocycles. The number of thiazole rings is 1. The maximum absolute atomic E-state index is 12.6. The van der Waals surface area contributed by atoms with Crippen molar-refractivity contribution in [1.29, 1.82) is 0 Å². The number of hydrogen-bond acceptors (Lipinski definition) is 7. The predicted octanol–water partition coefficient (Wildman–Crippen LogP) is 4.35. The van der Waals surface area contributed by atoms with Crippen LogP contribution in [-0.4, -0.2) is 51.1 Å². The second-order valence-electron chi connectivity index (χ2n) is 7.01. The van der Waals surface area contributed by atoms with Crippen LogP contribution in [0.5, 0.6) is 0 Å². The molecule has 7 nitrogen and oxygen atoms in total. The zero-order valence-electron chi connectivity index (χ0n) is 18.1. The van der Waals surface area contributed by atoms with Gasteiger partial charge in [-0.15, -0.1) is 11.3 Å². The molecule has 0 radical (unpaired) electrons. The Balaban J connectivity index is 1.66. The summed E-state index contributed by atoms with van der Waals surface area (Å²) in [7, 11) is 0.545. The summed E-state index contributed by atoms with van der Waals surface area (Å²) >= 11 is 1.44. The smallest absolute Gasteiger partial charge is 0.243 e. The Morgan fingerprint density at radius 2 is 1.68 bits per heavy atom. The van der Waals surface area contributed by atoms with Crippen LogP contribution in [0, 0.1) is 0 Å². The molecule has 2 aromatic carbocycles. The molecule has 1 aromatic heterocycles. The zero-order chi connectivity index (χ0) is 22.4. The summed E-state index contributed by atoms with van der Waals surface area (Å²) in [5, 5.41) is 6.83. The van der Waals surface area contributed by atoms with Crippen molar-refractivity contribution in [3.05, 3.63) is 59.5 Å². The van der Waals surface area contributed by atoms with E-state index in [2.05, 4.69) is 15.5 Å². The largest absolute Gasteiger partial charge is 0.378 e. The second-order valence-corrected chi connectivity index (χ2v) is 9.80. The first-order chi connectivity index (χ1) is 14.8. The minimum atomic E-state index is -3.46. The highest BCUT2D eigenvalue weighted by molar-refractivity contribution is 7.89. The van der Waals surface area contributed by atoms with E-state index in [-0.39, 0.29) is 0 Å². The molecule has 1 N–H and O–H groups in total. The number of rotatable bonds is 9. The van der Waals surface area contributed by atoms with E-state index < -0.39 is 10.0 Å². The van der Waals surface area contributed by atoms with Crippen molar-refractivity contribution in [2.75, 3.05) is 37.5 Å². The van der Waals surface area contributed by atoms with Crippen LogP contribution in [-0.2, 0) is 10.0 Å². The maximum atomic E-state index is 12.6. The molecule has 0 unspecified atom stereocenters. The molecule has 3 rings (SSSR count). The summed E-state index contributed by atoms with van der Waals surface area (Å²) in [6, 6.07) is 14.9. The number of nitrogens with one attached hydrogen (secondary N) is 1. The number of benzene rings is 2. The third kappa shape index (κ3) is 5.49. The van der Waals surface area contributed by atoms with E-state index >= 15 is 0 Å². The van der Waals surface area contributed by atoms with Crippen LogP contribution in [0.1, 0.15) is 19.4 Å². The lowest BCUT2D eigenvalue weighted by molar-refractivity contribution is 0.445. The van der Waals surface area contributed by atoms with Crippen molar-refractivity contribution in [1.82, 2.24) is 9.29 Å². The standard InChI is InChI=1S/C22H27N5O2S2/c1-5-27(6-2)31(28,29)20-13-9-18(10-14-20)21-16-30-22(24-21)25-23-15-17-7-11-19(12-8-17)26(3)4/h7-16H,5-6H2,1-4H3,(H,24,25)/b23-15+. The first-order valence-corrected chi connectivity index (χ1v) is 12.3. The molecule has 0 aliphatic heterocycles. The molecular formula is C22H27N5O2S2. The van der Waals surface area contributed by atoms with Crippen LogP contribution in [0.25, 0.3) is 11.3 Å². The average Bonchev–Trinajstić information content (AvgIpc) is 3.24. The minimum Gasteiger partial charge on any atom is -0.378 e. The van der Waals surface area contributed by atoms with Gasteiger partial charge in [-0.25, -0.2) is 13.4 Å². The van der Waals surface area contributed by atoms with E-state index in [0.29, 0.717) is 23.1 Å². The fourth-order valence-electron chi connectivity index (χ4n) is 2.99. The average molecular weight is 458 g/mol. The lowest BCUT2D eigenvalue weighted by atomic mass is 10.2. The summed E-state index contributed by atoms with van der Waals surface area (Å²) in [6.07, 6.45) is 1.74. The highest BCUT2D eigenvalue weighted by Gasteiger charge is 2.21. The molecule has 0 aliphatic rings. The number of nitrogens with zero attached hydrogens (tertiary/aromatic N) is 4. The van der Waals surface area contributed by atoms with Crippen LogP contribution in [0.15, 0.2) is 63.9 Å². The van der Waals surface area contributed by atoms with Crippen LogP contribution in [0.2, 0.25) is 0 Å². The number of anilines is 2. The number of hydrazone groups is 1. The van der Waals surface area contributed by atoms with E-state index in [0.717, 1.165) is 22.5 Å². The van der Waals surface area contributed by atoms with E-state index in [1.165, 1.54) is 15.6 Å². The van der Waals surface area contributed by atoms with Crippen molar-refractivity contribution in [2.45, 2.75) is 18.7 Å². The molecule has 31 heavy (non-hydrogen) atoms. The van der Waals surface area contributed by atoms with Gasteiger partial charge in [0.25, 0.3) is 0 Å². The Hall–Kier alpha value is -2.75. The molecule has 0 bridgehead atoms. The van der Waals surface area contributed by atoms with Crippen molar-refractivity contribution in [3.8, 4) is 11.3 Å². The van der Waals surface area contributed by atoms with Gasteiger partial charge in [0.1, 0.15) is 0 Å². The summed E-state index contributed by atoms with van der Waals surface area (Å²) in [5.74, 6) is 0. The van der Waals surface area contributed by atoms with Gasteiger partial charge in [0, 0.05) is 43.8 Å². The molecule has 0 spiro atoms. The van der Waals surface area contributed by atoms with Crippen LogP contribution < -0.4 is 10.3 Å². The maximum Gasteiger partial charge on any atom is 0.243 e. The van der Waals surface area contributed by atoms with Gasteiger partial charge in [0.2, 0.25) is 15.2 Å². The Labute approximate surface area is 188 Å². The first-order valence-electron chi connectivity index (χ1n) is 9.97. The van der Waals surface area contributed by atoms with E-state index in [1.807, 2.05) is 62.5 Å². The monoisotopic (exact) mass is 457 g/mol. The van der Waals surface area contributed by atoms with E-state index in [1.54, 1.807) is 30.5 Å². The molecule has 0 fully saturated rings. The van der Waals surface area contributed by atoms with Crippen molar-refractivity contribution in [3.63, 3.8) is 0 Å². The quantitative estimate of drug-likeness (QED) is 0.382. The Kier molecular flexibility index (Phi) is 7.42. The van der Waals surface area contributed by atoms with Crippen molar-refractivity contribution < 1.29 is 8.42 Å². The molecule has 164 valence electrons. The molecule has 3 aromatic rings. The molecule has 0 amide bonds. The van der Waals surface area contributed by atoms with Crippen LogP contribution in [0.4, 0.5) is 10.8 Å². The Bertz CT molecular complexity index is 1120. The van der Waals surface area contributed by atoms with Gasteiger partial charge in [-0.3, -0.25) is 5.43 Å². The van der Waals surface area contributed by atoms with Gasteiger partial charge in [-0.1, -0.05) is 38.1 Å². The number of sulfonamides is 1. The highest BCUT2D eigenvalue weighted by atomic mass is 32.2. The fourth-order valence-corrected chi connectivity index (χ4v) is 5.12. The van der Waals surface area contributed by atoms with Gasteiger partial charge >= 0.3 is 0 Å². The van der Waals surface area contributed by atoms with Gasteiger partial charge in [0.05, 0.1) is 16.8 Å². The SMILES string of the molecule is CCN(CC)S(=O)(=O)c1ccc(-c2csc(N/N=C/c3ccc(N(C)C)cc3)n2)cc1. The Morgan fingerprint density at radius 1 is 1.03 bits per heavy atom. The predicted molar refractivity (Wildman–Crippen MR) is 130 cm³/mol. The van der Waals surface area contributed by atoms with E-state index in [9.17, 15) is 8.42 Å². The highest BCUT2D eigenvalue weighted by Crippen LogP contribution is 2.26. The minimum absolute atomic E-state index is 0.290. The van der Waals surface area contributed by atoms with Crippen LogP contribution in [0.3, 0.4) is 0 Å². The zero-order valence-corrected chi connectivity index (χ0v) is 19.7. The fraction of sp³-hybridized carbons (Fsp3) is 0.273. The Morgan fingerprint density at radius 3 is 2.26 bits per heavy atom. The number of hydrogen-bond donors (Lipinski definition) is 1. The molecular weight excluding hydrogens is 430 g/mol. The van der Waals surface area contributed by atoms with Crippen molar-refractivity contribution in [2.24, 2.45) is 5.10 Å². The van der Waals surface area contributed by atoms with Gasteiger partial charge in [0.15, 0.2) is 0 Å². The normalized spacial score (nSPS) is 11.9. The molecule has 9 heteroatoms. The van der Waals surface area contributed by atoms with Gasteiger partial charge < -0.3 is 4.90 Å². The topological polar surface area (TPSA) is 77.9 Å². The third-order valence-corrected chi connectivity index (χ3v) is 7.59. The summed E-state index contributed by atoms with van der Waals surface area (Å²) in [6.45, 7) is 4.56. The lowest BCUT2D eigenvalue weighted by Gasteiger charge is -2.18. The van der Waals surface area contributed by atoms with Gasteiger partial charge in [-0.2, -0.15) is 9.41 Å². The number of aromatic nitrogens is 1. The van der Waals surface area contributed by atoms with Crippen molar-refractivity contribution >= 4 is 38.4 Å². The summed E-state index contributed by atoms with van der Waals surface area (Å²) in [4.78, 5) is 6.87. The molecule has 0 aliphatic carbocycles. The lowest BCUT2D eigenvalue weighted by Crippen LogP contribution is -2.30. The molecule has 1 heterocycles. The first kappa shape index (κ1) is 22.9. The third-order valence-electron chi connectivity index (χ3n) is 4.78. The van der Waals surface area contributed by atoms with Crippen LogP contribution >= 0.6 is 11.3 Å². The van der Waals surface area contributed by atoms with Gasteiger partial charge in [-0.05, 0) is 29.8 Å². The molecule has 0 saturated heterocycles. The van der Waals surface area contributed by atoms with E-state index in [4.69, 9.17) is 0 Å². The second kappa shape index (κ2) is 10.0.